The van der Waals surface area contributed by atoms with Gasteiger partial charge < -0.3 is 10.6 Å². The maximum Gasteiger partial charge on any atom is 0.315 e. The molecule has 0 radical (unpaired) electrons. The molecule has 0 aliphatic carbocycles. The van der Waals surface area contributed by atoms with E-state index in [1.165, 1.54) is 11.3 Å². The lowest BCUT2D eigenvalue weighted by atomic mass is 10.2. The average Bonchev–Trinajstić information content (AvgIpc) is 2.88. The van der Waals surface area contributed by atoms with E-state index in [0.29, 0.717) is 17.9 Å². The Kier molecular flexibility index (Phi) is 3.73. The molecule has 0 unspecified atom stereocenters. The Balaban J connectivity index is 2.24. The van der Waals surface area contributed by atoms with E-state index in [1.54, 1.807) is 37.0 Å². The minimum atomic E-state index is -0.388. The minimum Gasteiger partial charge on any atom is -0.382 e. The highest BCUT2D eigenvalue weighted by Crippen LogP contribution is 2.32. The van der Waals surface area contributed by atoms with Crippen LogP contribution in [0.2, 0.25) is 0 Å². The molecular formula is C11H12N4O2S. The van der Waals surface area contributed by atoms with E-state index in [0.717, 1.165) is 4.88 Å². The molecule has 1 aromatic carbocycles. The highest BCUT2D eigenvalue weighted by atomic mass is 32.1. The standard InChI is InChI=1S/C11H12N4O2S/c1-12-9-3-2-4-10(11(9)15(16)17)14-6-8-5-13-7-18-8/h2-5,7,12,14H,6H2,1H3. The lowest BCUT2D eigenvalue weighted by Gasteiger charge is -2.08. The largest absolute Gasteiger partial charge is 0.382 e. The number of hydrogen-bond acceptors (Lipinski definition) is 6. The minimum absolute atomic E-state index is 0.0597. The van der Waals surface area contributed by atoms with E-state index < -0.39 is 0 Å². The molecule has 2 aromatic rings. The lowest BCUT2D eigenvalue weighted by molar-refractivity contribution is -0.383. The summed E-state index contributed by atoms with van der Waals surface area (Å²) < 4.78 is 0. The van der Waals surface area contributed by atoms with Crippen molar-refractivity contribution in [2.24, 2.45) is 0 Å². The summed E-state index contributed by atoms with van der Waals surface area (Å²) in [4.78, 5) is 15.7. The Morgan fingerprint density at radius 3 is 2.83 bits per heavy atom. The van der Waals surface area contributed by atoms with E-state index >= 15 is 0 Å². The molecule has 0 bridgehead atoms. The van der Waals surface area contributed by atoms with Crippen LogP contribution < -0.4 is 10.6 Å². The normalized spacial score (nSPS) is 10.1. The van der Waals surface area contributed by atoms with Gasteiger partial charge in [-0.1, -0.05) is 6.07 Å². The molecule has 0 aliphatic rings. The van der Waals surface area contributed by atoms with Crippen LogP contribution in [-0.4, -0.2) is 17.0 Å². The van der Waals surface area contributed by atoms with E-state index in [1.807, 2.05) is 0 Å². The summed E-state index contributed by atoms with van der Waals surface area (Å²) in [6, 6.07) is 5.14. The fourth-order valence-corrected chi connectivity index (χ4v) is 2.13. The number of nitrogens with one attached hydrogen (secondary N) is 2. The number of para-hydroxylation sites is 1. The predicted molar refractivity (Wildman–Crippen MR) is 72.1 cm³/mol. The maximum atomic E-state index is 11.1. The van der Waals surface area contributed by atoms with Crippen molar-refractivity contribution in [2.75, 3.05) is 17.7 Å². The van der Waals surface area contributed by atoms with Gasteiger partial charge in [0.15, 0.2) is 0 Å². The number of hydrogen-bond donors (Lipinski definition) is 2. The molecule has 6 nitrogen and oxygen atoms in total. The number of thiazole rings is 1. The molecule has 0 saturated heterocycles. The molecule has 18 heavy (non-hydrogen) atoms. The van der Waals surface area contributed by atoms with Gasteiger partial charge in [0.05, 0.1) is 17.0 Å². The van der Waals surface area contributed by atoms with Crippen molar-refractivity contribution in [3.63, 3.8) is 0 Å². The third-order valence-electron chi connectivity index (χ3n) is 2.42. The van der Waals surface area contributed by atoms with Crippen LogP contribution in [0.5, 0.6) is 0 Å². The molecule has 94 valence electrons. The molecular weight excluding hydrogens is 252 g/mol. The molecule has 7 heteroatoms. The van der Waals surface area contributed by atoms with Crippen LogP contribution in [0.15, 0.2) is 29.9 Å². The highest BCUT2D eigenvalue weighted by molar-refractivity contribution is 7.09. The first kappa shape index (κ1) is 12.3. The summed E-state index contributed by atoms with van der Waals surface area (Å²) >= 11 is 1.51. The van der Waals surface area contributed by atoms with Crippen molar-refractivity contribution in [3.05, 3.63) is 44.9 Å². The summed E-state index contributed by atoms with van der Waals surface area (Å²) in [5, 5.41) is 17.0. The number of aromatic nitrogens is 1. The Morgan fingerprint density at radius 1 is 1.44 bits per heavy atom. The van der Waals surface area contributed by atoms with Gasteiger partial charge in [0.2, 0.25) is 0 Å². The summed E-state index contributed by atoms with van der Waals surface area (Å²) in [5.41, 5.74) is 2.79. The zero-order chi connectivity index (χ0) is 13.0. The van der Waals surface area contributed by atoms with Crippen LogP contribution in [-0.2, 0) is 6.54 Å². The van der Waals surface area contributed by atoms with Crippen molar-refractivity contribution in [2.45, 2.75) is 6.54 Å². The van der Waals surface area contributed by atoms with Crippen LogP contribution in [0.4, 0.5) is 17.1 Å². The summed E-state index contributed by atoms with van der Waals surface area (Å²) in [7, 11) is 1.66. The van der Waals surface area contributed by atoms with Gasteiger partial charge >= 0.3 is 5.69 Å². The zero-order valence-electron chi connectivity index (χ0n) is 9.71. The molecule has 0 saturated carbocycles. The first-order chi connectivity index (χ1) is 8.72. The van der Waals surface area contributed by atoms with Gasteiger partial charge in [-0.2, -0.15) is 0 Å². The first-order valence-electron chi connectivity index (χ1n) is 5.28. The summed E-state index contributed by atoms with van der Waals surface area (Å²) in [6.07, 6.45) is 1.74. The molecule has 1 heterocycles. The van der Waals surface area contributed by atoms with E-state index in [-0.39, 0.29) is 10.6 Å². The second-order valence-corrected chi connectivity index (χ2v) is 4.50. The number of nitro benzene ring substituents is 1. The average molecular weight is 264 g/mol. The monoisotopic (exact) mass is 264 g/mol. The number of nitro groups is 1. The van der Waals surface area contributed by atoms with Crippen molar-refractivity contribution in [1.82, 2.24) is 4.98 Å². The van der Waals surface area contributed by atoms with Gasteiger partial charge in [0, 0.05) is 18.1 Å². The van der Waals surface area contributed by atoms with Gasteiger partial charge in [-0.3, -0.25) is 15.1 Å². The maximum absolute atomic E-state index is 11.1. The molecule has 0 fully saturated rings. The topological polar surface area (TPSA) is 80.1 Å². The SMILES string of the molecule is CNc1cccc(NCc2cncs2)c1[N+](=O)[O-]. The van der Waals surface area contributed by atoms with Gasteiger partial charge in [-0.25, -0.2) is 0 Å². The van der Waals surface area contributed by atoms with Crippen LogP contribution >= 0.6 is 11.3 Å². The number of anilines is 2. The van der Waals surface area contributed by atoms with Crippen LogP contribution in [0.3, 0.4) is 0 Å². The van der Waals surface area contributed by atoms with Crippen LogP contribution in [0, 0.1) is 10.1 Å². The molecule has 0 atom stereocenters. The molecule has 0 aliphatic heterocycles. The second-order valence-electron chi connectivity index (χ2n) is 3.53. The zero-order valence-corrected chi connectivity index (χ0v) is 10.5. The number of nitrogens with zero attached hydrogens (tertiary/aromatic N) is 2. The summed E-state index contributed by atoms with van der Waals surface area (Å²) in [6.45, 7) is 0.526. The van der Waals surface area contributed by atoms with E-state index in [4.69, 9.17) is 0 Å². The van der Waals surface area contributed by atoms with E-state index in [9.17, 15) is 10.1 Å². The van der Waals surface area contributed by atoms with Gasteiger partial charge in [-0.05, 0) is 12.1 Å². The lowest BCUT2D eigenvalue weighted by Crippen LogP contribution is -2.04. The van der Waals surface area contributed by atoms with Crippen LogP contribution in [0.25, 0.3) is 0 Å². The van der Waals surface area contributed by atoms with Crippen LogP contribution in [0.1, 0.15) is 4.88 Å². The predicted octanol–water partition coefficient (Wildman–Crippen LogP) is 2.71. The fraction of sp³-hybridized carbons (Fsp3) is 0.182. The Labute approximate surface area is 108 Å². The molecule has 0 amide bonds. The van der Waals surface area contributed by atoms with E-state index in [2.05, 4.69) is 15.6 Å². The van der Waals surface area contributed by atoms with Gasteiger partial charge in [0.1, 0.15) is 11.4 Å². The Hall–Kier alpha value is -2.15. The summed E-state index contributed by atoms with van der Waals surface area (Å²) in [5.74, 6) is 0. The number of rotatable bonds is 5. The molecule has 1 aromatic heterocycles. The fourth-order valence-electron chi connectivity index (χ4n) is 1.60. The second kappa shape index (κ2) is 5.46. The third-order valence-corrected chi connectivity index (χ3v) is 3.20. The Morgan fingerprint density at radius 2 is 2.22 bits per heavy atom. The first-order valence-corrected chi connectivity index (χ1v) is 6.16. The van der Waals surface area contributed by atoms with Crippen molar-refractivity contribution in [3.8, 4) is 0 Å². The van der Waals surface area contributed by atoms with Crippen molar-refractivity contribution in [1.29, 1.82) is 0 Å². The van der Waals surface area contributed by atoms with Gasteiger partial charge in [0.25, 0.3) is 0 Å². The van der Waals surface area contributed by atoms with Crippen molar-refractivity contribution >= 4 is 28.4 Å². The quantitative estimate of drug-likeness (QED) is 0.641. The van der Waals surface area contributed by atoms with Crippen molar-refractivity contribution < 1.29 is 4.92 Å². The Bertz CT molecular complexity index is 542. The van der Waals surface area contributed by atoms with Gasteiger partial charge in [-0.15, -0.1) is 11.3 Å². The molecule has 0 spiro atoms. The third kappa shape index (κ3) is 2.57. The smallest absolute Gasteiger partial charge is 0.315 e. The number of benzene rings is 1. The highest BCUT2D eigenvalue weighted by Gasteiger charge is 2.18. The molecule has 2 rings (SSSR count). The molecule has 2 N–H and O–H groups in total.